The highest BCUT2D eigenvalue weighted by Crippen LogP contribution is 2.23. The van der Waals surface area contributed by atoms with Crippen molar-refractivity contribution < 1.29 is 9.59 Å². The third-order valence-electron chi connectivity index (χ3n) is 7.05. The molecular formula is C30H42ClIN4O2. The smallest absolute Gasteiger partial charge is 0.251 e. The van der Waals surface area contributed by atoms with Crippen LogP contribution in [0, 0.1) is 0 Å². The summed E-state index contributed by atoms with van der Waals surface area (Å²) in [6.45, 7) is 11.1. The Morgan fingerprint density at radius 3 is 2.61 bits per heavy atom. The van der Waals surface area contributed by atoms with Gasteiger partial charge in [0.2, 0.25) is 5.91 Å². The SMILES string of the molecule is CC[C@H](CN1CC[C@@H](CNC(=O)c2ccc(Cl)c(CI)c2)N[C@@H](CCNC(C)(C)C)C1=O)c1ccccc1. The molecule has 1 saturated heterocycles. The molecule has 2 aromatic carbocycles. The van der Waals surface area contributed by atoms with Crippen molar-refractivity contribution in [2.24, 2.45) is 0 Å². The topological polar surface area (TPSA) is 73.5 Å². The maximum atomic E-state index is 13.7. The molecule has 0 spiro atoms. The van der Waals surface area contributed by atoms with E-state index in [1.807, 2.05) is 17.0 Å². The van der Waals surface area contributed by atoms with Crippen molar-refractivity contribution in [3.8, 4) is 0 Å². The number of carbonyl (C=O) groups is 2. The first-order valence-corrected chi connectivity index (χ1v) is 15.5. The summed E-state index contributed by atoms with van der Waals surface area (Å²) in [5.74, 6) is 0.318. The number of hydrogen-bond donors (Lipinski definition) is 3. The monoisotopic (exact) mass is 652 g/mol. The van der Waals surface area contributed by atoms with Crippen LogP contribution in [-0.4, -0.2) is 60.5 Å². The van der Waals surface area contributed by atoms with E-state index in [0.29, 0.717) is 42.6 Å². The van der Waals surface area contributed by atoms with Crippen molar-refractivity contribution in [3.05, 3.63) is 70.2 Å². The maximum Gasteiger partial charge on any atom is 0.251 e. The Morgan fingerprint density at radius 1 is 1.21 bits per heavy atom. The number of rotatable bonds is 11. The van der Waals surface area contributed by atoms with Gasteiger partial charge in [-0.15, -0.1) is 0 Å². The summed E-state index contributed by atoms with van der Waals surface area (Å²) in [6, 6.07) is 15.5. The van der Waals surface area contributed by atoms with Crippen molar-refractivity contribution in [1.29, 1.82) is 0 Å². The zero-order valence-corrected chi connectivity index (χ0v) is 25.9. The highest BCUT2D eigenvalue weighted by molar-refractivity contribution is 14.1. The Balaban J connectivity index is 1.70. The van der Waals surface area contributed by atoms with Crippen LogP contribution in [0.5, 0.6) is 0 Å². The van der Waals surface area contributed by atoms with E-state index in [9.17, 15) is 9.59 Å². The number of nitrogens with zero attached hydrogens (tertiary/aromatic N) is 1. The Morgan fingerprint density at radius 2 is 1.95 bits per heavy atom. The van der Waals surface area contributed by atoms with E-state index in [1.54, 1.807) is 12.1 Å². The Hall–Kier alpha value is -1.68. The van der Waals surface area contributed by atoms with Crippen molar-refractivity contribution >= 4 is 46.0 Å². The molecule has 0 saturated carbocycles. The summed E-state index contributed by atoms with van der Waals surface area (Å²) in [5, 5.41) is 10.9. The molecular weight excluding hydrogens is 611 g/mol. The molecule has 208 valence electrons. The minimum absolute atomic E-state index is 0.000634. The molecule has 6 nitrogen and oxygen atoms in total. The van der Waals surface area contributed by atoms with Crippen molar-refractivity contribution in [3.63, 3.8) is 0 Å². The summed E-state index contributed by atoms with van der Waals surface area (Å²) in [6.07, 6.45) is 2.44. The van der Waals surface area contributed by atoms with Crippen LogP contribution in [0.1, 0.15) is 74.4 Å². The van der Waals surface area contributed by atoms with Gasteiger partial charge in [-0.1, -0.05) is 71.4 Å². The largest absolute Gasteiger partial charge is 0.350 e. The predicted molar refractivity (Wildman–Crippen MR) is 165 cm³/mol. The van der Waals surface area contributed by atoms with E-state index in [0.717, 1.165) is 29.4 Å². The quantitative estimate of drug-likeness (QED) is 0.220. The van der Waals surface area contributed by atoms with Crippen molar-refractivity contribution in [1.82, 2.24) is 20.9 Å². The fraction of sp³-hybridized carbons (Fsp3) is 0.533. The van der Waals surface area contributed by atoms with Crippen LogP contribution in [0.15, 0.2) is 48.5 Å². The zero-order valence-electron chi connectivity index (χ0n) is 23.0. The van der Waals surface area contributed by atoms with Crippen LogP contribution in [-0.2, 0) is 9.22 Å². The average Bonchev–Trinajstić information content (AvgIpc) is 3.04. The highest BCUT2D eigenvalue weighted by Gasteiger charge is 2.32. The molecule has 0 bridgehead atoms. The molecule has 1 aliphatic rings. The van der Waals surface area contributed by atoms with E-state index >= 15 is 0 Å². The second-order valence-corrected chi connectivity index (χ2v) is 12.3. The number of nitrogens with one attached hydrogen (secondary N) is 3. The normalized spacial score (nSPS) is 19.2. The molecule has 0 aliphatic carbocycles. The summed E-state index contributed by atoms with van der Waals surface area (Å²) < 4.78 is 0.742. The summed E-state index contributed by atoms with van der Waals surface area (Å²) in [5.41, 5.74) is 2.80. The summed E-state index contributed by atoms with van der Waals surface area (Å²) in [4.78, 5) is 28.7. The number of alkyl halides is 1. The number of carbonyl (C=O) groups excluding carboxylic acids is 2. The third kappa shape index (κ3) is 9.21. The average molecular weight is 653 g/mol. The molecule has 1 fully saturated rings. The lowest BCUT2D eigenvalue weighted by molar-refractivity contribution is -0.133. The van der Waals surface area contributed by atoms with E-state index in [-0.39, 0.29) is 29.4 Å². The molecule has 38 heavy (non-hydrogen) atoms. The Labute approximate surface area is 246 Å². The van der Waals surface area contributed by atoms with Gasteiger partial charge in [-0.25, -0.2) is 0 Å². The second kappa shape index (κ2) is 14.6. The van der Waals surface area contributed by atoms with Crippen LogP contribution in [0.25, 0.3) is 0 Å². The van der Waals surface area contributed by atoms with Crippen LogP contribution in [0.4, 0.5) is 0 Å². The Kier molecular flexibility index (Phi) is 11.9. The molecule has 8 heteroatoms. The lowest BCUT2D eigenvalue weighted by atomic mass is 9.95. The minimum Gasteiger partial charge on any atom is -0.350 e. The van der Waals surface area contributed by atoms with E-state index in [4.69, 9.17) is 11.6 Å². The van der Waals surface area contributed by atoms with Gasteiger partial charge < -0.3 is 20.9 Å². The zero-order chi connectivity index (χ0) is 27.7. The number of amides is 2. The molecule has 2 amide bonds. The van der Waals surface area contributed by atoms with Gasteiger partial charge in [-0.2, -0.15) is 0 Å². The lowest BCUT2D eigenvalue weighted by Crippen LogP contribution is -2.50. The Bertz CT molecular complexity index is 1060. The molecule has 1 heterocycles. The van der Waals surface area contributed by atoms with Crippen molar-refractivity contribution in [2.75, 3.05) is 26.2 Å². The highest BCUT2D eigenvalue weighted by atomic mass is 127. The van der Waals surface area contributed by atoms with Gasteiger partial charge in [-0.3, -0.25) is 9.59 Å². The maximum absolute atomic E-state index is 13.7. The molecule has 3 N–H and O–H groups in total. The molecule has 3 atom stereocenters. The van der Waals surface area contributed by atoms with Gasteiger partial charge in [0.1, 0.15) is 0 Å². The standard InChI is InChI=1S/C30H42ClIN4O2/c1-5-21(22-9-7-6-8-10-22)20-36-16-14-25(35-27(29(36)38)13-15-34-30(2,3)4)19-33-28(37)23-11-12-26(31)24(17-23)18-32/h6-12,17,21,25,27,34-35H,5,13-16,18-20H2,1-4H3,(H,33,37)/t21-,25+,27+/m1/s1. The van der Waals surface area contributed by atoms with Crippen LogP contribution < -0.4 is 16.0 Å². The summed E-state index contributed by atoms with van der Waals surface area (Å²) in [7, 11) is 0. The predicted octanol–water partition coefficient (Wildman–Crippen LogP) is 5.54. The number of hydrogen-bond acceptors (Lipinski definition) is 4. The number of benzene rings is 2. The minimum atomic E-state index is -0.302. The molecule has 0 aromatic heterocycles. The van der Waals surface area contributed by atoms with Crippen LogP contribution in [0.3, 0.4) is 0 Å². The molecule has 1 aliphatic heterocycles. The second-order valence-electron chi connectivity index (χ2n) is 11.1. The van der Waals surface area contributed by atoms with Gasteiger partial charge in [0, 0.05) is 52.1 Å². The molecule has 2 aromatic rings. The van der Waals surface area contributed by atoms with Gasteiger partial charge in [0.25, 0.3) is 5.91 Å². The number of halogens is 2. The van der Waals surface area contributed by atoms with Gasteiger partial charge in [-0.05, 0) is 75.9 Å². The third-order valence-corrected chi connectivity index (χ3v) is 8.24. The summed E-state index contributed by atoms with van der Waals surface area (Å²) >= 11 is 8.48. The first kappa shape index (κ1) is 30.9. The molecule has 0 radical (unpaired) electrons. The first-order chi connectivity index (χ1) is 18.1. The lowest BCUT2D eigenvalue weighted by Gasteiger charge is -2.29. The molecule has 3 rings (SSSR count). The van der Waals surface area contributed by atoms with Gasteiger partial charge >= 0.3 is 0 Å². The van der Waals surface area contributed by atoms with E-state index in [2.05, 4.69) is 90.5 Å². The van der Waals surface area contributed by atoms with Gasteiger partial charge in [0.15, 0.2) is 0 Å². The fourth-order valence-electron chi connectivity index (χ4n) is 4.82. The first-order valence-electron chi connectivity index (χ1n) is 13.6. The fourth-order valence-corrected chi connectivity index (χ4v) is 5.86. The van der Waals surface area contributed by atoms with E-state index in [1.165, 1.54) is 5.56 Å². The van der Waals surface area contributed by atoms with Crippen LogP contribution in [0.2, 0.25) is 5.02 Å². The van der Waals surface area contributed by atoms with Crippen LogP contribution >= 0.6 is 34.2 Å². The van der Waals surface area contributed by atoms with E-state index < -0.39 is 0 Å². The van der Waals surface area contributed by atoms with Crippen molar-refractivity contribution in [2.45, 2.75) is 74.9 Å². The molecule has 0 unspecified atom stereocenters. The van der Waals surface area contributed by atoms with Gasteiger partial charge in [0.05, 0.1) is 6.04 Å².